The minimum atomic E-state index is -0.0717. The third kappa shape index (κ3) is 1.99. The Labute approximate surface area is 111 Å². The van der Waals surface area contributed by atoms with Crippen LogP contribution in [0, 0.1) is 6.92 Å². The van der Waals surface area contributed by atoms with Crippen LogP contribution < -0.4 is 0 Å². The molecule has 6 heteroatoms. The highest BCUT2D eigenvalue weighted by Crippen LogP contribution is 2.22. The molecule has 3 rings (SSSR count). The van der Waals surface area contributed by atoms with Crippen LogP contribution in [0.3, 0.4) is 0 Å². The van der Waals surface area contributed by atoms with Crippen LogP contribution in [0.4, 0.5) is 0 Å². The van der Waals surface area contributed by atoms with E-state index in [0.29, 0.717) is 18.8 Å². The van der Waals surface area contributed by atoms with Gasteiger partial charge in [-0.05, 0) is 18.9 Å². The molecule has 1 amide bonds. The number of nitrogens with zero attached hydrogens (tertiary/aromatic N) is 5. The molecule has 1 aliphatic rings. The second-order valence-electron chi connectivity index (χ2n) is 4.70. The summed E-state index contributed by atoms with van der Waals surface area (Å²) in [6, 6.07) is 0. The number of aromatic nitrogens is 4. The zero-order valence-electron chi connectivity index (χ0n) is 11.0. The van der Waals surface area contributed by atoms with Gasteiger partial charge in [-0.2, -0.15) is 5.10 Å². The molecule has 98 valence electrons. The van der Waals surface area contributed by atoms with Gasteiger partial charge in [0.15, 0.2) is 0 Å². The monoisotopic (exact) mass is 257 g/mol. The van der Waals surface area contributed by atoms with Gasteiger partial charge in [-0.15, -0.1) is 0 Å². The van der Waals surface area contributed by atoms with E-state index in [0.717, 1.165) is 17.8 Å². The lowest BCUT2D eigenvalue weighted by atomic mass is 10.0. The van der Waals surface area contributed by atoms with Crippen molar-refractivity contribution >= 4 is 5.91 Å². The van der Waals surface area contributed by atoms with Gasteiger partial charge >= 0.3 is 0 Å². The number of aryl methyl sites for hydroxylation is 2. The number of amides is 1. The van der Waals surface area contributed by atoms with Crippen molar-refractivity contribution in [3.05, 3.63) is 41.2 Å². The lowest BCUT2D eigenvalue weighted by Gasteiger charge is -2.27. The van der Waals surface area contributed by atoms with E-state index in [9.17, 15) is 4.79 Å². The molecule has 2 aromatic rings. The standard InChI is InChI=1S/C13H15N5O/c1-9-10-3-6-18(8-12(10)17(2)16-9)13(19)11-7-14-4-5-15-11/h4-5,7H,3,6,8H2,1-2H3. The second kappa shape index (κ2) is 4.46. The van der Waals surface area contributed by atoms with Crippen molar-refractivity contribution in [2.24, 2.45) is 7.05 Å². The van der Waals surface area contributed by atoms with Crippen LogP contribution in [-0.4, -0.2) is 37.1 Å². The van der Waals surface area contributed by atoms with E-state index in [1.165, 1.54) is 18.0 Å². The zero-order chi connectivity index (χ0) is 13.4. The minimum Gasteiger partial charge on any atom is -0.331 e. The molecule has 0 spiro atoms. The molecule has 0 saturated carbocycles. The van der Waals surface area contributed by atoms with Gasteiger partial charge in [-0.3, -0.25) is 14.5 Å². The highest BCUT2D eigenvalue weighted by Gasteiger charge is 2.26. The molecule has 0 radical (unpaired) electrons. The Morgan fingerprint density at radius 1 is 1.37 bits per heavy atom. The number of fused-ring (bicyclic) bond motifs is 1. The van der Waals surface area contributed by atoms with Gasteiger partial charge in [0.2, 0.25) is 0 Å². The molecular weight excluding hydrogens is 242 g/mol. The Hall–Kier alpha value is -2.24. The number of hydrogen-bond acceptors (Lipinski definition) is 4. The van der Waals surface area contributed by atoms with Gasteiger partial charge in [0, 0.05) is 26.0 Å². The molecule has 6 nitrogen and oxygen atoms in total. The van der Waals surface area contributed by atoms with Crippen molar-refractivity contribution in [2.75, 3.05) is 6.54 Å². The maximum absolute atomic E-state index is 12.3. The number of carbonyl (C=O) groups excluding carboxylic acids is 1. The summed E-state index contributed by atoms with van der Waals surface area (Å²) >= 11 is 0. The van der Waals surface area contributed by atoms with Crippen LogP contribution in [0.25, 0.3) is 0 Å². The Balaban J connectivity index is 1.86. The first kappa shape index (κ1) is 11.8. The summed E-state index contributed by atoms with van der Waals surface area (Å²) in [6.45, 7) is 3.30. The van der Waals surface area contributed by atoms with E-state index in [1.807, 2.05) is 18.7 Å². The second-order valence-corrected chi connectivity index (χ2v) is 4.70. The first-order chi connectivity index (χ1) is 9.16. The fraction of sp³-hybridized carbons (Fsp3) is 0.385. The molecule has 0 saturated heterocycles. The number of rotatable bonds is 1. The zero-order valence-corrected chi connectivity index (χ0v) is 11.0. The molecule has 19 heavy (non-hydrogen) atoms. The van der Waals surface area contributed by atoms with E-state index in [4.69, 9.17) is 0 Å². The first-order valence-corrected chi connectivity index (χ1v) is 6.23. The molecule has 2 aromatic heterocycles. The lowest BCUT2D eigenvalue weighted by Crippen LogP contribution is -2.37. The molecule has 0 aliphatic carbocycles. The topological polar surface area (TPSA) is 63.9 Å². The van der Waals surface area contributed by atoms with E-state index < -0.39 is 0 Å². The maximum atomic E-state index is 12.3. The average Bonchev–Trinajstić information content (AvgIpc) is 2.74. The van der Waals surface area contributed by atoms with Crippen LogP contribution in [0.2, 0.25) is 0 Å². The van der Waals surface area contributed by atoms with Gasteiger partial charge in [-0.25, -0.2) is 4.98 Å². The van der Waals surface area contributed by atoms with Gasteiger partial charge in [0.1, 0.15) is 5.69 Å². The summed E-state index contributed by atoms with van der Waals surface area (Å²) < 4.78 is 1.86. The maximum Gasteiger partial charge on any atom is 0.274 e. The Morgan fingerprint density at radius 3 is 2.95 bits per heavy atom. The van der Waals surface area contributed by atoms with Crippen molar-refractivity contribution in [1.29, 1.82) is 0 Å². The SMILES string of the molecule is Cc1nn(C)c2c1CCN(C(=O)c1cnccn1)C2. The van der Waals surface area contributed by atoms with Crippen LogP contribution in [0.1, 0.15) is 27.4 Å². The van der Waals surface area contributed by atoms with Gasteiger partial charge in [-0.1, -0.05) is 0 Å². The van der Waals surface area contributed by atoms with Gasteiger partial charge in [0.25, 0.3) is 5.91 Å². The fourth-order valence-electron chi connectivity index (χ4n) is 2.52. The van der Waals surface area contributed by atoms with E-state index in [1.54, 1.807) is 11.1 Å². The molecule has 0 N–H and O–H groups in total. The van der Waals surface area contributed by atoms with Crippen LogP contribution >= 0.6 is 0 Å². The third-order valence-corrected chi connectivity index (χ3v) is 3.52. The summed E-state index contributed by atoms with van der Waals surface area (Å²) in [5.74, 6) is -0.0717. The normalized spacial score (nSPS) is 14.3. The van der Waals surface area contributed by atoms with Crippen molar-refractivity contribution in [3.8, 4) is 0 Å². The molecule has 3 heterocycles. The average molecular weight is 257 g/mol. The van der Waals surface area contributed by atoms with Crippen LogP contribution in [0.15, 0.2) is 18.6 Å². The van der Waals surface area contributed by atoms with E-state index in [-0.39, 0.29) is 5.91 Å². The third-order valence-electron chi connectivity index (χ3n) is 3.52. The Morgan fingerprint density at radius 2 is 2.21 bits per heavy atom. The number of hydrogen-bond donors (Lipinski definition) is 0. The van der Waals surface area contributed by atoms with E-state index in [2.05, 4.69) is 15.1 Å². The molecule has 0 fully saturated rings. The molecule has 0 aromatic carbocycles. The summed E-state index contributed by atoms with van der Waals surface area (Å²) in [5.41, 5.74) is 3.83. The van der Waals surface area contributed by atoms with Gasteiger partial charge in [0.05, 0.1) is 24.1 Å². The lowest BCUT2D eigenvalue weighted by molar-refractivity contribution is 0.0724. The van der Waals surface area contributed by atoms with Crippen molar-refractivity contribution in [2.45, 2.75) is 19.9 Å². The fourth-order valence-corrected chi connectivity index (χ4v) is 2.52. The largest absolute Gasteiger partial charge is 0.331 e. The quantitative estimate of drug-likeness (QED) is 0.755. The van der Waals surface area contributed by atoms with Crippen molar-refractivity contribution < 1.29 is 4.79 Å². The van der Waals surface area contributed by atoms with Crippen LogP contribution in [0.5, 0.6) is 0 Å². The summed E-state index contributed by atoms with van der Waals surface area (Å²) in [6.07, 6.45) is 5.46. The minimum absolute atomic E-state index is 0.0717. The summed E-state index contributed by atoms with van der Waals surface area (Å²) in [4.78, 5) is 22.1. The van der Waals surface area contributed by atoms with Crippen LogP contribution in [-0.2, 0) is 20.0 Å². The molecule has 0 atom stereocenters. The highest BCUT2D eigenvalue weighted by molar-refractivity contribution is 5.92. The van der Waals surface area contributed by atoms with Gasteiger partial charge < -0.3 is 4.90 Å². The van der Waals surface area contributed by atoms with Crippen molar-refractivity contribution in [1.82, 2.24) is 24.6 Å². The predicted molar refractivity (Wildman–Crippen MR) is 68.4 cm³/mol. The first-order valence-electron chi connectivity index (χ1n) is 6.23. The number of carbonyl (C=O) groups is 1. The molecule has 0 bridgehead atoms. The Bertz CT molecular complexity index is 619. The molecule has 0 unspecified atom stereocenters. The van der Waals surface area contributed by atoms with E-state index >= 15 is 0 Å². The molecular formula is C13H15N5O. The Kier molecular flexibility index (Phi) is 2.77. The highest BCUT2D eigenvalue weighted by atomic mass is 16.2. The van der Waals surface area contributed by atoms with Crippen molar-refractivity contribution in [3.63, 3.8) is 0 Å². The molecule has 1 aliphatic heterocycles. The smallest absolute Gasteiger partial charge is 0.274 e. The summed E-state index contributed by atoms with van der Waals surface area (Å²) in [5, 5.41) is 4.41. The predicted octanol–water partition coefficient (Wildman–Crippen LogP) is 0.717. The summed E-state index contributed by atoms with van der Waals surface area (Å²) in [7, 11) is 1.92.